The Morgan fingerprint density at radius 3 is 0.982 bits per heavy atom. The Labute approximate surface area is 350 Å². The summed E-state index contributed by atoms with van der Waals surface area (Å²) in [5.41, 5.74) is 0. The fraction of sp³-hybridized carbons (Fsp3) is 0.885. The van der Waals surface area contributed by atoms with E-state index in [1.165, 1.54) is 193 Å². The molecule has 0 aromatic rings. The van der Waals surface area contributed by atoms with Crippen LogP contribution < -0.4 is 0 Å². The van der Waals surface area contributed by atoms with Gasteiger partial charge in [-0.2, -0.15) is 0 Å². The number of esters is 1. The molecule has 0 aliphatic heterocycles. The zero-order valence-electron chi connectivity index (χ0n) is 38.0. The first-order valence-corrected chi connectivity index (χ1v) is 25.3. The minimum Gasteiger partial charge on any atom is -0.481 e. The zero-order chi connectivity index (χ0) is 40.7. The molecule has 0 saturated carbocycles. The van der Waals surface area contributed by atoms with Gasteiger partial charge in [-0.05, 0) is 89.9 Å². The van der Waals surface area contributed by atoms with Crippen molar-refractivity contribution in [1.82, 2.24) is 0 Å². The Bertz CT molecular complexity index is 848. The third-order valence-corrected chi connectivity index (χ3v) is 11.6. The molecule has 0 aliphatic rings. The molecule has 330 valence electrons. The average Bonchev–Trinajstić information content (AvgIpc) is 3.19. The van der Waals surface area contributed by atoms with Crippen molar-refractivity contribution in [3.8, 4) is 0 Å². The third-order valence-electron chi connectivity index (χ3n) is 11.6. The highest BCUT2D eigenvalue weighted by Crippen LogP contribution is 2.19. The van der Waals surface area contributed by atoms with Crippen molar-refractivity contribution in [3.63, 3.8) is 0 Å². The van der Waals surface area contributed by atoms with Crippen LogP contribution >= 0.6 is 0 Å². The molecule has 1 atom stereocenters. The predicted octanol–water partition coefficient (Wildman–Crippen LogP) is 17.9. The number of rotatable bonds is 47. The summed E-state index contributed by atoms with van der Waals surface area (Å²) in [5.74, 6) is -0.700. The first-order valence-electron chi connectivity index (χ1n) is 25.3. The molecule has 0 radical (unpaired) electrons. The molecule has 4 nitrogen and oxygen atoms in total. The van der Waals surface area contributed by atoms with E-state index in [0.717, 1.165) is 70.6 Å². The van der Waals surface area contributed by atoms with Gasteiger partial charge < -0.3 is 9.84 Å². The van der Waals surface area contributed by atoms with Crippen molar-refractivity contribution in [2.45, 2.75) is 296 Å². The number of hydrogen-bond acceptors (Lipinski definition) is 3. The van der Waals surface area contributed by atoms with Crippen LogP contribution in [0.3, 0.4) is 0 Å². The minimum atomic E-state index is -0.699. The summed E-state index contributed by atoms with van der Waals surface area (Å²) in [6.45, 7) is 4.57. The van der Waals surface area contributed by atoms with Gasteiger partial charge >= 0.3 is 11.9 Å². The highest BCUT2D eigenvalue weighted by Gasteiger charge is 2.14. The normalized spacial score (nSPS) is 12.3. The Morgan fingerprint density at radius 2 is 0.643 bits per heavy atom. The first kappa shape index (κ1) is 54.4. The van der Waals surface area contributed by atoms with Gasteiger partial charge in [-0.1, -0.05) is 212 Å². The van der Waals surface area contributed by atoms with Gasteiger partial charge in [-0.25, -0.2) is 0 Å². The van der Waals surface area contributed by atoms with Crippen molar-refractivity contribution < 1.29 is 19.4 Å². The van der Waals surface area contributed by atoms with E-state index in [9.17, 15) is 9.59 Å². The molecule has 0 aromatic carbocycles. The molecule has 56 heavy (non-hydrogen) atoms. The van der Waals surface area contributed by atoms with E-state index in [2.05, 4.69) is 38.2 Å². The van der Waals surface area contributed by atoms with Crippen molar-refractivity contribution in [2.75, 3.05) is 0 Å². The van der Waals surface area contributed by atoms with Crippen molar-refractivity contribution >= 4 is 11.9 Å². The molecule has 0 spiro atoms. The lowest BCUT2D eigenvalue weighted by Crippen LogP contribution is -2.18. The second kappa shape index (κ2) is 47.8. The molecule has 0 saturated heterocycles. The average molecular weight is 787 g/mol. The molecular formula is C52H98O4. The van der Waals surface area contributed by atoms with E-state index < -0.39 is 5.97 Å². The van der Waals surface area contributed by atoms with Gasteiger partial charge in [0.1, 0.15) is 6.10 Å². The fourth-order valence-corrected chi connectivity index (χ4v) is 7.88. The van der Waals surface area contributed by atoms with Crippen molar-refractivity contribution in [3.05, 3.63) is 24.3 Å². The lowest BCUT2D eigenvalue weighted by Gasteiger charge is -2.18. The number of carboxylic acid groups (broad SMARTS) is 1. The lowest BCUT2D eigenvalue weighted by atomic mass is 10.0. The zero-order valence-corrected chi connectivity index (χ0v) is 38.0. The maximum absolute atomic E-state index is 12.8. The smallest absolute Gasteiger partial charge is 0.306 e. The number of unbranched alkanes of at least 4 members (excludes halogenated alkanes) is 34. The van der Waals surface area contributed by atoms with Crippen LogP contribution in [0, 0.1) is 0 Å². The number of aliphatic carboxylic acids is 1. The van der Waals surface area contributed by atoms with E-state index in [1.807, 2.05) is 0 Å². The van der Waals surface area contributed by atoms with Crippen molar-refractivity contribution in [1.29, 1.82) is 0 Å². The Balaban J connectivity index is 3.91. The second-order valence-electron chi connectivity index (χ2n) is 17.3. The molecule has 0 amide bonds. The van der Waals surface area contributed by atoms with Crippen LogP contribution in [-0.2, 0) is 14.3 Å². The highest BCUT2D eigenvalue weighted by atomic mass is 16.5. The van der Waals surface area contributed by atoms with E-state index in [-0.39, 0.29) is 18.5 Å². The predicted molar refractivity (Wildman–Crippen MR) is 246 cm³/mol. The monoisotopic (exact) mass is 787 g/mol. The molecule has 1 unspecified atom stereocenters. The maximum Gasteiger partial charge on any atom is 0.306 e. The number of carbonyl (C=O) groups is 2. The van der Waals surface area contributed by atoms with Crippen LogP contribution in [-0.4, -0.2) is 23.1 Å². The number of allylic oxidation sites excluding steroid dienone is 4. The molecule has 0 bridgehead atoms. The maximum atomic E-state index is 12.8. The summed E-state index contributed by atoms with van der Waals surface area (Å²) in [6, 6.07) is 0. The van der Waals surface area contributed by atoms with Gasteiger partial charge in [0.2, 0.25) is 0 Å². The number of carboxylic acids is 1. The number of ether oxygens (including phenoxy) is 1. The topological polar surface area (TPSA) is 63.6 Å². The second-order valence-corrected chi connectivity index (χ2v) is 17.3. The Morgan fingerprint density at radius 1 is 0.375 bits per heavy atom. The standard InChI is InChI=1S/C52H98O4/c1-3-5-7-9-11-13-15-17-19-20-21-22-23-24-25-26-28-30-32-34-36-41-45-49-52(55)56-50(47-43-39-37-40-44-48-51(53)54)46-42-38-35-33-31-29-27-18-16-14-12-10-8-6-4-2/h20-21,29,31,50H,3-19,22-28,30,32-49H2,1-2H3,(H,53,54)/b21-20-,31-29-. The van der Waals surface area contributed by atoms with Crippen LogP contribution in [0.1, 0.15) is 290 Å². The fourth-order valence-electron chi connectivity index (χ4n) is 7.88. The Kier molecular flexibility index (Phi) is 46.4. The quantitative estimate of drug-likeness (QED) is 0.0379. The van der Waals surface area contributed by atoms with Crippen LogP contribution in [0.2, 0.25) is 0 Å². The van der Waals surface area contributed by atoms with Gasteiger partial charge in [0.15, 0.2) is 0 Å². The Hall–Kier alpha value is -1.58. The van der Waals surface area contributed by atoms with Crippen LogP contribution in [0.15, 0.2) is 24.3 Å². The molecule has 0 rings (SSSR count). The van der Waals surface area contributed by atoms with Crippen LogP contribution in [0.25, 0.3) is 0 Å². The summed E-state index contributed by atoms with van der Waals surface area (Å²) in [7, 11) is 0. The molecule has 0 aromatic heterocycles. The van der Waals surface area contributed by atoms with Gasteiger partial charge in [0.05, 0.1) is 0 Å². The SMILES string of the molecule is CCCCCCCCCC/C=C\CCCCCCCCCCCCCC(=O)OC(CCCCC/C=C\CCCCCCCCCC)CCCCCCCC(=O)O. The molecular weight excluding hydrogens is 689 g/mol. The highest BCUT2D eigenvalue weighted by molar-refractivity contribution is 5.69. The molecule has 0 fully saturated rings. The number of carbonyl (C=O) groups excluding carboxylic acids is 1. The molecule has 4 heteroatoms. The summed E-state index contributed by atoms with van der Waals surface area (Å²) < 4.78 is 6.04. The molecule has 1 N–H and O–H groups in total. The van der Waals surface area contributed by atoms with E-state index >= 15 is 0 Å². The minimum absolute atomic E-state index is 0.000612. The van der Waals surface area contributed by atoms with E-state index in [4.69, 9.17) is 9.84 Å². The van der Waals surface area contributed by atoms with E-state index in [0.29, 0.717) is 6.42 Å². The largest absolute Gasteiger partial charge is 0.481 e. The van der Waals surface area contributed by atoms with Crippen molar-refractivity contribution in [2.24, 2.45) is 0 Å². The summed E-state index contributed by atoms with van der Waals surface area (Å²) in [6.07, 6.45) is 62.3. The van der Waals surface area contributed by atoms with Gasteiger partial charge in [0, 0.05) is 12.8 Å². The van der Waals surface area contributed by atoms with Crippen LogP contribution in [0.4, 0.5) is 0 Å². The summed E-state index contributed by atoms with van der Waals surface area (Å²) in [4.78, 5) is 23.5. The summed E-state index contributed by atoms with van der Waals surface area (Å²) in [5, 5.41) is 8.87. The van der Waals surface area contributed by atoms with Gasteiger partial charge in [-0.3, -0.25) is 9.59 Å². The molecule has 0 aliphatic carbocycles. The van der Waals surface area contributed by atoms with Gasteiger partial charge in [-0.15, -0.1) is 0 Å². The lowest BCUT2D eigenvalue weighted by molar-refractivity contribution is -0.150. The van der Waals surface area contributed by atoms with Gasteiger partial charge in [0.25, 0.3) is 0 Å². The van der Waals surface area contributed by atoms with E-state index in [1.54, 1.807) is 0 Å². The molecule has 0 heterocycles. The number of hydrogen-bond donors (Lipinski definition) is 1. The third kappa shape index (κ3) is 46.8. The first-order chi connectivity index (χ1) is 27.6. The van der Waals surface area contributed by atoms with Crippen LogP contribution in [0.5, 0.6) is 0 Å². The summed E-state index contributed by atoms with van der Waals surface area (Å²) >= 11 is 0.